The van der Waals surface area contributed by atoms with Crippen molar-refractivity contribution in [3.63, 3.8) is 0 Å². The lowest BCUT2D eigenvalue weighted by Crippen LogP contribution is -2.27. The number of ether oxygens (including phenoxy) is 2. The number of hydrogen-bond donors (Lipinski definition) is 1. The van der Waals surface area contributed by atoms with Crippen LogP contribution in [0.4, 0.5) is 0 Å². The van der Waals surface area contributed by atoms with Crippen LogP contribution in [0, 0.1) is 6.92 Å². The molecule has 0 spiro atoms. The number of pyridine rings is 1. The first-order valence-corrected chi connectivity index (χ1v) is 7.69. The molecule has 1 aliphatic heterocycles. The Bertz CT molecular complexity index is 665. The van der Waals surface area contributed by atoms with E-state index in [1.807, 2.05) is 17.7 Å². The van der Waals surface area contributed by atoms with Gasteiger partial charge in [0.05, 0.1) is 13.2 Å². The Morgan fingerprint density at radius 3 is 3.13 bits per heavy atom. The van der Waals surface area contributed by atoms with Gasteiger partial charge in [-0.25, -0.2) is 9.97 Å². The van der Waals surface area contributed by atoms with E-state index in [1.165, 1.54) is 0 Å². The second-order valence-corrected chi connectivity index (χ2v) is 5.41. The highest BCUT2D eigenvalue weighted by molar-refractivity contribution is 5.94. The van der Waals surface area contributed by atoms with Gasteiger partial charge in [0.2, 0.25) is 5.88 Å². The highest BCUT2D eigenvalue weighted by atomic mass is 16.5. The van der Waals surface area contributed by atoms with Crippen molar-refractivity contribution in [2.75, 3.05) is 19.8 Å². The van der Waals surface area contributed by atoms with Crippen molar-refractivity contribution in [3.8, 4) is 5.88 Å². The van der Waals surface area contributed by atoms with Crippen molar-refractivity contribution in [3.05, 3.63) is 42.1 Å². The van der Waals surface area contributed by atoms with E-state index in [0.29, 0.717) is 37.7 Å². The molecule has 1 aliphatic rings. The summed E-state index contributed by atoms with van der Waals surface area (Å²) in [6.45, 7) is 4.43. The zero-order chi connectivity index (χ0) is 16.1. The number of hydrogen-bond acceptors (Lipinski definition) is 5. The van der Waals surface area contributed by atoms with E-state index in [0.717, 1.165) is 12.2 Å². The molecule has 0 aliphatic carbocycles. The maximum Gasteiger partial charge on any atom is 0.251 e. The van der Waals surface area contributed by atoms with Crippen molar-refractivity contribution in [2.24, 2.45) is 0 Å². The number of amides is 1. The largest absolute Gasteiger partial charge is 0.472 e. The van der Waals surface area contributed by atoms with Gasteiger partial charge in [0, 0.05) is 49.7 Å². The molecule has 122 valence electrons. The normalized spacial score (nSPS) is 17.2. The average molecular weight is 316 g/mol. The number of nitrogens with one attached hydrogen (secondary N) is 1. The average Bonchev–Trinajstić information content (AvgIpc) is 3.20. The molecular weight excluding hydrogens is 296 g/mol. The topological polar surface area (TPSA) is 78.3 Å². The molecule has 1 N–H and O–H groups in total. The van der Waals surface area contributed by atoms with Gasteiger partial charge in [-0.2, -0.15) is 0 Å². The summed E-state index contributed by atoms with van der Waals surface area (Å²) in [5, 5.41) is 2.89. The minimum atomic E-state index is -0.141. The Balaban J connectivity index is 1.53. The van der Waals surface area contributed by atoms with Crippen LogP contribution < -0.4 is 10.1 Å². The standard InChI is InChI=1S/C16H20N4O3/c1-12-17-5-7-20(12)8-6-19-16(21)13-2-4-18-15(10-13)23-14-3-9-22-11-14/h2,4-5,7,10,14H,3,6,8-9,11H2,1H3,(H,19,21)/t14-/m0/s1. The van der Waals surface area contributed by atoms with Gasteiger partial charge in [-0.05, 0) is 13.0 Å². The van der Waals surface area contributed by atoms with Crippen LogP contribution in [0.1, 0.15) is 22.6 Å². The monoisotopic (exact) mass is 316 g/mol. The van der Waals surface area contributed by atoms with Gasteiger partial charge in [0.1, 0.15) is 11.9 Å². The van der Waals surface area contributed by atoms with E-state index < -0.39 is 0 Å². The van der Waals surface area contributed by atoms with Crippen molar-refractivity contribution >= 4 is 5.91 Å². The van der Waals surface area contributed by atoms with Crippen LogP contribution in [-0.2, 0) is 11.3 Å². The highest BCUT2D eigenvalue weighted by Gasteiger charge is 2.18. The first-order chi connectivity index (χ1) is 11.2. The molecule has 1 saturated heterocycles. The van der Waals surface area contributed by atoms with Crippen molar-refractivity contribution in [1.82, 2.24) is 19.9 Å². The van der Waals surface area contributed by atoms with Gasteiger partial charge >= 0.3 is 0 Å². The minimum Gasteiger partial charge on any atom is -0.472 e. The summed E-state index contributed by atoms with van der Waals surface area (Å²) in [5.74, 6) is 1.24. The summed E-state index contributed by atoms with van der Waals surface area (Å²) in [6, 6.07) is 3.34. The number of aromatic nitrogens is 3. The van der Waals surface area contributed by atoms with Gasteiger partial charge in [-0.15, -0.1) is 0 Å². The van der Waals surface area contributed by atoms with Gasteiger partial charge in [0.25, 0.3) is 5.91 Å². The summed E-state index contributed by atoms with van der Waals surface area (Å²) < 4.78 is 13.0. The summed E-state index contributed by atoms with van der Waals surface area (Å²) in [5.41, 5.74) is 0.538. The predicted octanol–water partition coefficient (Wildman–Crippen LogP) is 1.18. The Hall–Kier alpha value is -2.41. The quantitative estimate of drug-likeness (QED) is 0.866. The number of aryl methyl sites for hydroxylation is 1. The Labute approximate surface area is 134 Å². The van der Waals surface area contributed by atoms with E-state index in [9.17, 15) is 4.79 Å². The van der Waals surface area contributed by atoms with Crippen molar-refractivity contribution < 1.29 is 14.3 Å². The highest BCUT2D eigenvalue weighted by Crippen LogP contribution is 2.15. The maximum absolute atomic E-state index is 12.2. The lowest BCUT2D eigenvalue weighted by molar-refractivity contribution is 0.0950. The second kappa shape index (κ2) is 7.23. The molecule has 7 nitrogen and oxygen atoms in total. The number of rotatable bonds is 6. The van der Waals surface area contributed by atoms with E-state index in [2.05, 4.69) is 15.3 Å². The van der Waals surface area contributed by atoms with E-state index >= 15 is 0 Å². The zero-order valence-electron chi connectivity index (χ0n) is 13.1. The second-order valence-electron chi connectivity index (χ2n) is 5.41. The molecule has 3 heterocycles. The van der Waals surface area contributed by atoms with Gasteiger partial charge in [-0.1, -0.05) is 0 Å². The van der Waals surface area contributed by atoms with Crippen LogP contribution in [0.2, 0.25) is 0 Å². The molecule has 7 heteroatoms. The summed E-state index contributed by atoms with van der Waals surface area (Å²) in [6.07, 6.45) is 6.09. The number of imidazole rings is 1. The van der Waals surface area contributed by atoms with E-state index in [-0.39, 0.29) is 12.0 Å². The molecule has 1 fully saturated rings. The summed E-state index contributed by atoms with van der Waals surface area (Å²) in [7, 11) is 0. The van der Waals surface area contributed by atoms with Crippen LogP contribution in [0.15, 0.2) is 30.7 Å². The van der Waals surface area contributed by atoms with Crippen molar-refractivity contribution in [1.29, 1.82) is 0 Å². The lowest BCUT2D eigenvalue weighted by Gasteiger charge is -2.12. The predicted molar refractivity (Wildman–Crippen MR) is 83.4 cm³/mol. The summed E-state index contributed by atoms with van der Waals surface area (Å²) >= 11 is 0. The number of carbonyl (C=O) groups excluding carboxylic acids is 1. The minimum absolute atomic E-state index is 0.0185. The third-order valence-corrected chi connectivity index (χ3v) is 3.73. The Morgan fingerprint density at radius 2 is 2.39 bits per heavy atom. The first-order valence-electron chi connectivity index (χ1n) is 7.69. The molecule has 1 atom stereocenters. The fourth-order valence-corrected chi connectivity index (χ4v) is 2.42. The molecule has 0 bridgehead atoms. The van der Waals surface area contributed by atoms with Crippen LogP contribution in [0.25, 0.3) is 0 Å². The molecular formula is C16H20N4O3. The van der Waals surface area contributed by atoms with E-state index in [1.54, 1.807) is 24.5 Å². The molecule has 0 radical (unpaired) electrons. The zero-order valence-corrected chi connectivity index (χ0v) is 13.1. The van der Waals surface area contributed by atoms with Crippen LogP contribution >= 0.6 is 0 Å². The van der Waals surface area contributed by atoms with E-state index in [4.69, 9.17) is 9.47 Å². The van der Waals surface area contributed by atoms with Crippen LogP contribution in [0.5, 0.6) is 5.88 Å². The number of nitrogens with zero attached hydrogens (tertiary/aromatic N) is 3. The number of carbonyl (C=O) groups is 1. The van der Waals surface area contributed by atoms with Crippen LogP contribution in [-0.4, -0.2) is 46.3 Å². The fourth-order valence-electron chi connectivity index (χ4n) is 2.42. The molecule has 23 heavy (non-hydrogen) atoms. The SMILES string of the molecule is Cc1nccn1CCNC(=O)c1ccnc(O[C@H]2CCOC2)c1. The first kappa shape index (κ1) is 15.5. The van der Waals surface area contributed by atoms with Gasteiger partial charge in [0.15, 0.2) is 0 Å². The third kappa shape index (κ3) is 4.07. The summed E-state index contributed by atoms with van der Waals surface area (Å²) in [4.78, 5) is 20.5. The molecule has 0 aromatic carbocycles. The molecule has 3 rings (SSSR count). The van der Waals surface area contributed by atoms with Gasteiger partial charge < -0.3 is 19.4 Å². The van der Waals surface area contributed by atoms with Gasteiger partial charge in [-0.3, -0.25) is 4.79 Å². The lowest BCUT2D eigenvalue weighted by atomic mass is 10.2. The fraction of sp³-hybridized carbons (Fsp3) is 0.438. The molecule has 2 aromatic heterocycles. The van der Waals surface area contributed by atoms with Crippen molar-refractivity contribution in [2.45, 2.75) is 26.0 Å². The van der Waals surface area contributed by atoms with Crippen LogP contribution in [0.3, 0.4) is 0 Å². The molecule has 0 unspecified atom stereocenters. The Kier molecular flexibility index (Phi) is 4.87. The maximum atomic E-state index is 12.2. The molecule has 2 aromatic rings. The Morgan fingerprint density at radius 1 is 1.48 bits per heavy atom. The smallest absolute Gasteiger partial charge is 0.251 e. The molecule has 0 saturated carbocycles. The third-order valence-electron chi connectivity index (χ3n) is 3.73. The molecule has 1 amide bonds.